The van der Waals surface area contributed by atoms with Crippen molar-refractivity contribution in [2.45, 2.75) is 32.4 Å². The Morgan fingerprint density at radius 3 is 2.69 bits per heavy atom. The highest BCUT2D eigenvalue weighted by Gasteiger charge is 2.15. The summed E-state index contributed by atoms with van der Waals surface area (Å²) < 4.78 is 1.90. The summed E-state index contributed by atoms with van der Waals surface area (Å²) in [5.74, 6) is -0.118. The van der Waals surface area contributed by atoms with Crippen molar-refractivity contribution in [1.82, 2.24) is 25.3 Å². The standard InChI is InChI=1S/C22H27N5O2/c1-16(19-6-4-3-5-7-19)12-23-14-21(28)26-17(2)22(29)25-13-18-8-9-20-24-10-11-27(20)15-18/h3-11,15-17,23H,12-14H2,1-2H3,(H,25,29)(H,26,28). The fourth-order valence-corrected chi connectivity index (χ4v) is 3.07. The summed E-state index contributed by atoms with van der Waals surface area (Å²) in [5, 5.41) is 8.72. The second kappa shape index (κ2) is 9.84. The van der Waals surface area contributed by atoms with E-state index in [-0.39, 0.29) is 18.4 Å². The Morgan fingerprint density at radius 2 is 1.90 bits per heavy atom. The number of aromatic nitrogens is 2. The highest BCUT2D eigenvalue weighted by Crippen LogP contribution is 2.12. The number of rotatable bonds is 9. The Bertz CT molecular complexity index is 954. The van der Waals surface area contributed by atoms with Crippen LogP contribution in [0.2, 0.25) is 0 Å². The Kier molecular flexibility index (Phi) is 6.97. The number of pyridine rings is 1. The fraction of sp³-hybridized carbons (Fsp3) is 0.318. The molecule has 0 radical (unpaired) electrons. The van der Waals surface area contributed by atoms with E-state index in [1.165, 1.54) is 5.56 Å². The summed E-state index contributed by atoms with van der Waals surface area (Å²) in [4.78, 5) is 28.6. The molecule has 3 rings (SSSR count). The lowest BCUT2D eigenvalue weighted by Gasteiger charge is -2.16. The second-order valence-corrected chi connectivity index (χ2v) is 7.18. The molecular formula is C22H27N5O2. The van der Waals surface area contributed by atoms with Gasteiger partial charge in [0.15, 0.2) is 0 Å². The molecule has 29 heavy (non-hydrogen) atoms. The molecule has 0 aliphatic heterocycles. The molecule has 3 N–H and O–H groups in total. The molecule has 0 bridgehead atoms. The number of carbonyl (C=O) groups is 2. The van der Waals surface area contributed by atoms with Gasteiger partial charge in [0.2, 0.25) is 11.8 Å². The van der Waals surface area contributed by atoms with E-state index in [4.69, 9.17) is 0 Å². The minimum Gasteiger partial charge on any atom is -0.350 e. The SMILES string of the molecule is CC(NC(=O)CNCC(C)c1ccccc1)C(=O)NCc1ccc2nccn2c1. The van der Waals surface area contributed by atoms with E-state index in [2.05, 4.69) is 40.0 Å². The molecule has 0 fully saturated rings. The predicted octanol–water partition coefficient (Wildman–Crippen LogP) is 1.85. The monoisotopic (exact) mass is 393 g/mol. The summed E-state index contributed by atoms with van der Waals surface area (Å²) in [7, 11) is 0. The molecule has 3 aromatic rings. The van der Waals surface area contributed by atoms with Crippen molar-refractivity contribution in [2.24, 2.45) is 0 Å². The second-order valence-electron chi connectivity index (χ2n) is 7.18. The van der Waals surface area contributed by atoms with Gasteiger partial charge in [-0.15, -0.1) is 0 Å². The zero-order valence-electron chi connectivity index (χ0n) is 16.8. The van der Waals surface area contributed by atoms with Gasteiger partial charge in [-0.2, -0.15) is 0 Å². The maximum absolute atomic E-state index is 12.3. The van der Waals surface area contributed by atoms with Crippen LogP contribution in [0.5, 0.6) is 0 Å². The quantitative estimate of drug-likeness (QED) is 0.518. The summed E-state index contributed by atoms with van der Waals surface area (Å²) >= 11 is 0. The Balaban J connectivity index is 1.37. The van der Waals surface area contributed by atoms with Crippen LogP contribution in [0.4, 0.5) is 0 Å². The molecule has 2 amide bonds. The van der Waals surface area contributed by atoms with Crippen LogP contribution < -0.4 is 16.0 Å². The normalized spacial score (nSPS) is 13.0. The van der Waals surface area contributed by atoms with Gasteiger partial charge >= 0.3 is 0 Å². The lowest BCUT2D eigenvalue weighted by Crippen LogP contribution is -2.47. The van der Waals surface area contributed by atoms with Crippen LogP contribution >= 0.6 is 0 Å². The maximum atomic E-state index is 12.3. The largest absolute Gasteiger partial charge is 0.350 e. The average Bonchev–Trinajstić information content (AvgIpc) is 3.20. The van der Waals surface area contributed by atoms with E-state index in [1.807, 2.05) is 47.1 Å². The molecule has 152 valence electrons. The molecule has 0 aliphatic rings. The fourth-order valence-electron chi connectivity index (χ4n) is 3.07. The van der Waals surface area contributed by atoms with Gasteiger partial charge < -0.3 is 20.4 Å². The first-order valence-electron chi connectivity index (χ1n) is 9.77. The number of imidazole rings is 1. The number of amides is 2. The van der Waals surface area contributed by atoms with Crippen LogP contribution in [0.15, 0.2) is 61.1 Å². The van der Waals surface area contributed by atoms with Crippen molar-refractivity contribution < 1.29 is 9.59 Å². The number of hydrogen-bond acceptors (Lipinski definition) is 4. The summed E-state index contributed by atoms with van der Waals surface area (Å²) in [6, 6.07) is 13.4. The zero-order valence-corrected chi connectivity index (χ0v) is 16.8. The number of nitrogens with one attached hydrogen (secondary N) is 3. The molecule has 2 unspecified atom stereocenters. The third-order valence-electron chi connectivity index (χ3n) is 4.79. The van der Waals surface area contributed by atoms with Crippen LogP contribution in [-0.4, -0.2) is 40.3 Å². The minimum atomic E-state index is -0.604. The van der Waals surface area contributed by atoms with Gasteiger partial charge in [-0.1, -0.05) is 43.3 Å². The Hall–Kier alpha value is -3.19. The van der Waals surface area contributed by atoms with Crippen LogP contribution in [0, 0.1) is 0 Å². The number of hydrogen-bond donors (Lipinski definition) is 3. The lowest BCUT2D eigenvalue weighted by molar-refractivity contribution is -0.128. The molecule has 2 aromatic heterocycles. The molecule has 7 nitrogen and oxygen atoms in total. The summed E-state index contributed by atoms with van der Waals surface area (Å²) in [6.07, 6.45) is 5.50. The molecular weight excluding hydrogens is 366 g/mol. The van der Waals surface area contributed by atoms with E-state index in [0.29, 0.717) is 19.0 Å². The highest BCUT2D eigenvalue weighted by molar-refractivity contribution is 5.87. The molecule has 0 saturated heterocycles. The van der Waals surface area contributed by atoms with Gasteiger partial charge in [0, 0.05) is 31.7 Å². The van der Waals surface area contributed by atoms with Crippen molar-refractivity contribution in [3.05, 3.63) is 72.2 Å². The van der Waals surface area contributed by atoms with Gasteiger partial charge in [0.05, 0.1) is 6.54 Å². The highest BCUT2D eigenvalue weighted by atomic mass is 16.2. The number of nitrogens with zero attached hydrogens (tertiary/aromatic N) is 2. The molecule has 7 heteroatoms. The topological polar surface area (TPSA) is 87.5 Å². The molecule has 0 aliphatic carbocycles. The van der Waals surface area contributed by atoms with Gasteiger partial charge in [-0.25, -0.2) is 4.98 Å². The molecule has 2 heterocycles. The molecule has 0 spiro atoms. The number of carbonyl (C=O) groups excluding carboxylic acids is 2. The maximum Gasteiger partial charge on any atom is 0.242 e. The third-order valence-corrected chi connectivity index (χ3v) is 4.79. The average molecular weight is 393 g/mol. The lowest BCUT2D eigenvalue weighted by atomic mass is 10.0. The Labute approximate surface area is 170 Å². The van der Waals surface area contributed by atoms with E-state index in [1.54, 1.807) is 13.1 Å². The summed E-state index contributed by atoms with van der Waals surface area (Å²) in [5.41, 5.74) is 3.04. The van der Waals surface area contributed by atoms with Gasteiger partial charge in [-0.05, 0) is 30.0 Å². The van der Waals surface area contributed by atoms with Crippen LogP contribution in [0.1, 0.15) is 30.9 Å². The van der Waals surface area contributed by atoms with Crippen LogP contribution in [0.3, 0.4) is 0 Å². The molecule has 2 atom stereocenters. The van der Waals surface area contributed by atoms with Crippen molar-refractivity contribution in [1.29, 1.82) is 0 Å². The Morgan fingerprint density at radius 1 is 1.10 bits per heavy atom. The van der Waals surface area contributed by atoms with Crippen molar-refractivity contribution in [3.8, 4) is 0 Å². The van der Waals surface area contributed by atoms with Crippen molar-refractivity contribution in [3.63, 3.8) is 0 Å². The molecule has 0 saturated carbocycles. The van der Waals surface area contributed by atoms with Crippen molar-refractivity contribution >= 4 is 17.5 Å². The zero-order chi connectivity index (χ0) is 20.6. The van der Waals surface area contributed by atoms with Gasteiger partial charge in [0.25, 0.3) is 0 Å². The van der Waals surface area contributed by atoms with Crippen molar-refractivity contribution in [2.75, 3.05) is 13.1 Å². The third kappa shape index (κ3) is 5.89. The smallest absolute Gasteiger partial charge is 0.242 e. The minimum absolute atomic E-state index is 0.173. The van der Waals surface area contributed by atoms with Gasteiger partial charge in [-0.3, -0.25) is 9.59 Å². The summed E-state index contributed by atoms with van der Waals surface area (Å²) in [6.45, 7) is 5.04. The van der Waals surface area contributed by atoms with Crippen LogP contribution in [0.25, 0.3) is 5.65 Å². The first kappa shape index (κ1) is 20.5. The molecule has 1 aromatic carbocycles. The first-order chi connectivity index (χ1) is 14.0. The van der Waals surface area contributed by atoms with E-state index >= 15 is 0 Å². The first-order valence-corrected chi connectivity index (χ1v) is 9.77. The van der Waals surface area contributed by atoms with E-state index in [0.717, 1.165) is 11.2 Å². The number of benzene rings is 1. The van der Waals surface area contributed by atoms with E-state index in [9.17, 15) is 9.59 Å². The van der Waals surface area contributed by atoms with E-state index < -0.39 is 6.04 Å². The van der Waals surface area contributed by atoms with Gasteiger partial charge in [0.1, 0.15) is 11.7 Å². The van der Waals surface area contributed by atoms with Crippen LogP contribution in [-0.2, 0) is 16.1 Å². The number of fused-ring (bicyclic) bond motifs is 1. The predicted molar refractivity (Wildman–Crippen MR) is 112 cm³/mol.